The highest BCUT2D eigenvalue weighted by molar-refractivity contribution is 7.99. The topological polar surface area (TPSA) is 42.0 Å². The summed E-state index contributed by atoms with van der Waals surface area (Å²) in [5, 5.41) is 5.02. The van der Waals surface area contributed by atoms with E-state index in [1.54, 1.807) is 29.3 Å². The van der Waals surface area contributed by atoms with Gasteiger partial charge in [-0.1, -0.05) is 24.3 Å². The zero-order valence-electron chi connectivity index (χ0n) is 13.1. The fourth-order valence-corrected chi connectivity index (χ4v) is 3.81. The maximum atomic E-state index is 12.0. The maximum Gasteiger partial charge on any atom is 0.221 e. The molecule has 0 fully saturated rings. The van der Waals surface area contributed by atoms with Gasteiger partial charge in [-0.3, -0.25) is 9.78 Å². The molecular weight excluding hydrogens is 336 g/mol. The van der Waals surface area contributed by atoms with Gasteiger partial charge < -0.3 is 5.32 Å². The Balaban J connectivity index is 1.45. The van der Waals surface area contributed by atoms with Gasteiger partial charge in [-0.25, -0.2) is 0 Å². The highest BCUT2D eigenvalue weighted by Gasteiger charge is 2.04. The molecule has 0 aliphatic rings. The van der Waals surface area contributed by atoms with Crippen molar-refractivity contribution in [3.63, 3.8) is 0 Å². The molecule has 0 saturated heterocycles. The van der Waals surface area contributed by atoms with Gasteiger partial charge in [0.2, 0.25) is 5.91 Å². The van der Waals surface area contributed by atoms with Crippen LogP contribution in [0.3, 0.4) is 0 Å². The van der Waals surface area contributed by atoms with Crippen molar-refractivity contribution in [1.82, 2.24) is 10.3 Å². The van der Waals surface area contributed by atoms with E-state index in [0.29, 0.717) is 13.0 Å². The van der Waals surface area contributed by atoms with Gasteiger partial charge in [0.15, 0.2) is 0 Å². The second kappa shape index (κ2) is 8.66. The quantitative estimate of drug-likeness (QED) is 0.630. The van der Waals surface area contributed by atoms with Crippen molar-refractivity contribution in [2.75, 3.05) is 5.75 Å². The molecule has 2 heterocycles. The van der Waals surface area contributed by atoms with E-state index in [4.69, 9.17) is 0 Å². The first-order chi connectivity index (χ1) is 11.8. The molecule has 5 heteroatoms. The lowest BCUT2D eigenvalue weighted by molar-refractivity contribution is -0.120. The van der Waals surface area contributed by atoms with E-state index in [2.05, 4.69) is 34.6 Å². The fourth-order valence-electron chi connectivity index (χ4n) is 2.23. The minimum atomic E-state index is 0.0694. The monoisotopic (exact) mass is 354 g/mol. The maximum absolute atomic E-state index is 12.0. The number of pyridine rings is 1. The average Bonchev–Trinajstić information content (AvgIpc) is 3.16. The zero-order valence-corrected chi connectivity index (χ0v) is 14.8. The van der Waals surface area contributed by atoms with Crippen LogP contribution in [-0.4, -0.2) is 16.6 Å². The van der Waals surface area contributed by atoms with E-state index in [-0.39, 0.29) is 5.91 Å². The summed E-state index contributed by atoms with van der Waals surface area (Å²) in [5.74, 6) is 0.850. The van der Waals surface area contributed by atoms with Gasteiger partial charge >= 0.3 is 0 Å². The predicted molar refractivity (Wildman–Crippen MR) is 101 cm³/mol. The molecule has 0 atom stereocenters. The Morgan fingerprint density at radius 3 is 2.79 bits per heavy atom. The molecule has 1 amide bonds. The van der Waals surface area contributed by atoms with Gasteiger partial charge in [0.1, 0.15) is 0 Å². The lowest BCUT2D eigenvalue weighted by Gasteiger charge is -2.06. The number of nitrogens with one attached hydrogen (secondary N) is 1. The largest absolute Gasteiger partial charge is 0.352 e. The van der Waals surface area contributed by atoms with Crippen molar-refractivity contribution < 1.29 is 4.79 Å². The standard InChI is InChI=1S/C19H18N2OS2/c22-19(8-10-23-17-5-2-1-3-6-17)21-13-15-11-16(14-20-12-15)18-7-4-9-24-18/h1-7,9,11-12,14H,8,10,13H2,(H,21,22). The molecule has 1 aromatic carbocycles. The van der Waals surface area contributed by atoms with Crippen LogP contribution < -0.4 is 5.32 Å². The molecule has 3 aromatic rings. The van der Waals surface area contributed by atoms with Gasteiger partial charge in [-0.15, -0.1) is 23.1 Å². The van der Waals surface area contributed by atoms with Crippen molar-refractivity contribution >= 4 is 29.0 Å². The molecule has 0 spiro atoms. The van der Waals surface area contributed by atoms with Crippen LogP contribution in [0.25, 0.3) is 10.4 Å². The van der Waals surface area contributed by atoms with Crippen molar-refractivity contribution in [1.29, 1.82) is 0 Å². The molecule has 0 aliphatic carbocycles. The van der Waals surface area contributed by atoms with Crippen LogP contribution in [0.4, 0.5) is 0 Å². The van der Waals surface area contributed by atoms with Crippen LogP contribution in [0.5, 0.6) is 0 Å². The number of thiophene rings is 1. The smallest absolute Gasteiger partial charge is 0.221 e. The summed E-state index contributed by atoms with van der Waals surface area (Å²) in [6, 6.07) is 16.3. The predicted octanol–water partition coefficient (Wildman–Crippen LogP) is 4.61. The molecule has 122 valence electrons. The number of hydrogen-bond acceptors (Lipinski definition) is 4. The van der Waals surface area contributed by atoms with E-state index in [1.807, 2.05) is 35.8 Å². The average molecular weight is 355 g/mol. The first-order valence-electron chi connectivity index (χ1n) is 7.73. The third-order valence-electron chi connectivity index (χ3n) is 3.43. The fraction of sp³-hybridized carbons (Fsp3) is 0.158. The molecule has 0 unspecified atom stereocenters. The van der Waals surface area contributed by atoms with Crippen molar-refractivity contribution in [2.24, 2.45) is 0 Å². The van der Waals surface area contributed by atoms with Crippen LogP contribution in [-0.2, 0) is 11.3 Å². The molecule has 0 aliphatic heterocycles. The SMILES string of the molecule is O=C(CCSc1ccccc1)NCc1cncc(-c2cccs2)c1. The zero-order chi connectivity index (χ0) is 16.6. The Kier molecular flexibility index (Phi) is 6.04. The second-order valence-corrected chi connectivity index (χ2v) is 7.36. The van der Waals surface area contributed by atoms with Crippen molar-refractivity contribution in [3.8, 4) is 10.4 Å². The summed E-state index contributed by atoms with van der Waals surface area (Å²) in [6.07, 6.45) is 4.17. The Labute approximate surface area is 150 Å². The van der Waals surface area contributed by atoms with E-state index >= 15 is 0 Å². The van der Waals surface area contributed by atoms with Gasteiger partial charge in [-0.05, 0) is 35.2 Å². The number of carbonyl (C=O) groups is 1. The number of amides is 1. The summed E-state index contributed by atoms with van der Waals surface area (Å²) >= 11 is 3.39. The molecular formula is C19H18N2OS2. The Hall–Kier alpha value is -2.11. The number of benzene rings is 1. The number of hydrogen-bond donors (Lipinski definition) is 1. The van der Waals surface area contributed by atoms with E-state index in [1.165, 1.54) is 9.77 Å². The summed E-state index contributed by atoms with van der Waals surface area (Å²) in [7, 11) is 0. The minimum absolute atomic E-state index is 0.0694. The second-order valence-electron chi connectivity index (χ2n) is 5.25. The number of carbonyl (C=O) groups excluding carboxylic acids is 1. The van der Waals surface area contributed by atoms with Crippen LogP contribution in [0, 0.1) is 0 Å². The Morgan fingerprint density at radius 2 is 2.00 bits per heavy atom. The highest BCUT2D eigenvalue weighted by atomic mass is 32.2. The third-order valence-corrected chi connectivity index (χ3v) is 5.36. The molecule has 0 saturated carbocycles. The highest BCUT2D eigenvalue weighted by Crippen LogP contribution is 2.24. The van der Waals surface area contributed by atoms with Crippen LogP contribution in [0.15, 0.2) is 71.2 Å². The van der Waals surface area contributed by atoms with Gasteiger partial charge in [0.25, 0.3) is 0 Å². The number of nitrogens with zero attached hydrogens (tertiary/aromatic N) is 1. The Bertz CT molecular complexity index is 773. The van der Waals surface area contributed by atoms with Crippen molar-refractivity contribution in [2.45, 2.75) is 17.9 Å². The van der Waals surface area contributed by atoms with Crippen molar-refractivity contribution in [3.05, 3.63) is 71.9 Å². The van der Waals surface area contributed by atoms with Gasteiger partial charge in [0, 0.05) is 46.4 Å². The normalized spacial score (nSPS) is 10.5. The molecule has 3 rings (SSSR count). The molecule has 0 radical (unpaired) electrons. The van der Waals surface area contributed by atoms with E-state index < -0.39 is 0 Å². The lowest BCUT2D eigenvalue weighted by atomic mass is 10.2. The van der Waals surface area contributed by atoms with Crippen LogP contribution >= 0.6 is 23.1 Å². The first kappa shape index (κ1) is 16.7. The molecule has 24 heavy (non-hydrogen) atoms. The van der Waals surface area contributed by atoms with Crippen LogP contribution in [0.2, 0.25) is 0 Å². The molecule has 2 aromatic heterocycles. The number of thioether (sulfide) groups is 1. The summed E-state index contributed by atoms with van der Waals surface area (Å²) in [5.41, 5.74) is 2.11. The van der Waals surface area contributed by atoms with Gasteiger partial charge in [0.05, 0.1) is 0 Å². The number of rotatable bonds is 7. The third kappa shape index (κ3) is 4.94. The first-order valence-corrected chi connectivity index (χ1v) is 9.60. The lowest BCUT2D eigenvalue weighted by Crippen LogP contribution is -2.23. The molecule has 0 bridgehead atoms. The number of aromatic nitrogens is 1. The summed E-state index contributed by atoms with van der Waals surface area (Å²) in [4.78, 5) is 18.6. The summed E-state index contributed by atoms with van der Waals surface area (Å²) < 4.78 is 0. The van der Waals surface area contributed by atoms with E-state index in [9.17, 15) is 4.79 Å². The van der Waals surface area contributed by atoms with E-state index in [0.717, 1.165) is 16.9 Å². The molecule has 3 nitrogen and oxygen atoms in total. The Morgan fingerprint density at radius 1 is 1.12 bits per heavy atom. The summed E-state index contributed by atoms with van der Waals surface area (Å²) in [6.45, 7) is 0.515. The molecule has 1 N–H and O–H groups in total. The minimum Gasteiger partial charge on any atom is -0.352 e. The van der Waals surface area contributed by atoms with Crippen LogP contribution in [0.1, 0.15) is 12.0 Å². The van der Waals surface area contributed by atoms with Gasteiger partial charge in [-0.2, -0.15) is 0 Å².